The summed E-state index contributed by atoms with van der Waals surface area (Å²) in [5, 5.41) is 30.6. The summed E-state index contributed by atoms with van der Waals surface area (Å²) in [5.41, 5.74) is 1.40. The van der Waals surface area contributed by atoms with Crippen molar-refractivity contribution in [3.05, 3.63) is 29.8 Å². The van der Waals surface area contributed by atoms with Gasteiger partial charge < -0.3 is 20.6 Å². The molecular weight excluding hydrogens is 260 g/mol. The molecule has 0 aromatic heterocycles. The standard InChI is InChI=1S/C14H22N2O4/c1-11(19)15-13-4-2-12(3-5-13)14(20)10-16(6-8-17)7-9-18/h2-5,14,17-18,20H,6-10H2,1H3,(H,15,19). The Labute approximate surface area is 118 Å². The van der Waals surface area contributed by atoms with Crippen LogP contribution in [0.1, 0.15) is 18.6 Å². The minimum Gasteiger partial charge on any atom is -0.395 e. The van der Waals surface area contributed by atoms with E-state index < -0.39 is 6.10 Å². The topological polar surface area (TPSA) is 93.0 Å². The van der Waals surface area contributed by atoms with Crippen LogP contribution in [0.2, 0.25) is 0 Å². The summed E-state index contributed by atoms with van der Waals surface area (Å²) in [4.78, 5) is 12.7. The van der Waals surface area contributed by atoms with Crippen LogP contribution in [0.3, 0.4) is 0 Å². The van der Waals surface area contributed by atoms with Gasteiger partial charge in [-0.2, -0.15) is 0 Å². The van der Waals surface area contributed by atoms with Crippen LogP contribution in [0.15, 0.2) is 24.3 Å². The molecule has 6 heteroatoms. The minimum absolute atomic E-state index is 0.0197. The molecule has 1 aromatic carbocycles. The van der Waals surface area contributed by atoms with Crippen LogP contribution in [0.4, 0.5) is 5.69 Å². The molecule has 0 radical (unpaired) electrons. The van der Waals surface area contributed by atoms with Crippen molar-refractivity contribution in [3.63, 3.8) is 0 Å². The molecule has 1 aromatic rings. The van der Waals surface area contributed by atoms with E-state index in [0.29, 0.717) is 25.3 Å². The van der Waals surface area contributed by atoms with Gasteiger partial charge in [-0.25, -0.2) is 0 Å². The summed E-state index contributed by atoms with van der Waals surface area (Å²) >= 11 is 0. The number of hydrogen-bond acceptors (Lipinski definition) is 5. The van der Waals surface area contributed by atoms with E-state index in [1.54, 1.807) is 29.2 Å². The zero-order valence-corrected chi connectivity index (χ0v) is 11.6. The van der Waals surface area contributed by atoms with Crippen molar-refractivity contribution in [2.75, 3.05) is 38.2 Å². The molecule has 4 N–H and O–H groups in total. The Morgan fingerprint density at radius 3 is 2.20 bits per heavy atom. The summed E-state index contributed by atoms with van der Waals surface area (Å²) in [5.74, 6) is -0.143. The van der Waals surface area contributed by atoms with Crippen LogP contribution >= 0.6 is 0 Å². The van der Waals surface area contributed by atoms with Gasteiger partial charge in [0.1, 0.15) is 0 Å². The van der Waals surface area contributed by atoms with E-state index in [-0.39, 0.29) is 19.1 Å². The highest BCUT2D eigenvalue weighted by Crippen LogP contribution is 2.17. The Balaban J connectivity index is 2.61. The lowest BCUT2D eigenvalue weighted by atomic mass is 10.1. The number of hydrogen-bond donors (Lipinski definition) is 4. The van der Waals surface area contributed by atoms with Crippen molar-refractivity contribution in [1.82, 2.24) is 4.90 Å². The van der Waals surface area contributed by atoms with E-state index in [4.69, 9.17) is 10.2 Å². The zero-order chi connectivity index (χ0) is 15.0. The molecule has 0 saturated heterocycles. The van der Waals surface area contributed by atoms with E-state index in [1.165, 1.54) is 6.92 Å². The van der Waals surface area contributed by atoms with Gasteiger partial charge in [-0.1, -0.05) is 12.1 Å². The van der Waals surface area contributed by atoms with E-state index in [1.807, 2.05) is 0 Å². The lowest BCUT2D eigenvalue weighted by Gasteiger charge is -2.23. The average molecular weight is 282 g/mol. The third kappa shape index (κ3) is 5.66. The molecular formula is C14H22N2O4. The molecule has 0 fully saturated rings. The van der Waals surface area contributed by atoms with Gasteiger partial charge >= 0.3 is 0 Å². The summed E-state index contributed by atoms with van der Waals surface area (Å²) in [6.07, 6.45) is -0.709. The highest BCUT2D eigenvalue weighted by atomic mass is 16.3. The number of anilines is 1. The quantitative estimate of drug-likeness (QED) is 0.537. The third-order valence-electron chi connectivity index (χ3n) is 2.88. The molecule has 0 aliphatic heterocycles. The molecule has 20 heavy (non-hydrogen) atoms. The molecule has 0 bridgehead atoms. The van der Waals surface area contributed by atoms with Gasteiger partial charge in [0.05, 0.1) is 19.3 Å². The predicted molar refractivity (Wildman–Crippen MR) is 76.3 cm³/mol. The number of benzene rings is 1. The Hall–Kier alpha value is -1.47. The van der Waals surface area contributed by atoms with E-state index in [0.717, 1.165) is 5.56 Å². The van der Waals surface area contributed by atoms with Gasteiger partial charge in [-0.3, -0.25) is 9.69 Å². The first kappa shape index (κ1) is 16.6. The smallest absolute Gasteiger partial charge is 0.221 e. The summed E-state index contributed by atoms with van der Waals surface area (Å²) in [6, 6.07) is 6.93. The predicted octanol–water partition coefficient (Wildman–Crippen LogP) is -0.0350. The molecule has 6 nitrogen and oxygen atoms in total. The maximum absolute atomic E-state index is 10.9. The number of aliphatic hydroxyl groups excluding tert-OH is 3. The summed E-state index contributed by atoms with van der Waals surface area (Å²) in [6.45, 7) is 2.54. The van der Waals surface area contributed by atoms with E-state index in [9.17, 15) is 9.90 Å². The molecule has 1 rings (SSSR count). The number of amides is 1. The van der Waals surface area contributed by atoms with Crippen LogP contribution in [0.5, 0.6) is 0 Å². The Kier molecular flexibility index (Phi) is 7.17. The highest BCUT2D eigenvalue weighted by Gasteiger charge is 2.13. The first-order valence-corrected chi connectivity index (χ1v) is 6.56. The van der Waals surface area contributed by atoms with Gasteiger partial charge in [-0.15, -0.1) is 0 Å². The fourth-order valence-corrected chi connectivity index (χ4v) is 1.92. The molecule has 0 heterocycles. The number of nitrogens with one attached hydrogen (secondary N) is 1. The van der Waals surface area contributed by atoms with Gasteiger partial charge in [-0.05, 0) is 17.7 Å². The first-order chi connectivity index (χ1) is 9.56. The highest BCUT2D eigenvalue weighted by molar-refractivity contribution is 5.88. The second kappa shape index (κ2) is 8.65. The molecule has 112 valence electrons. The first-order valence-electron chi connectivity index (χ1n) is 6.56. The molecule has 1 amide bonds. The lowest BCUT2D eigenvalue weighted by molar-refractivity contribution is -0.114. The summed E-state index contributed by atoms with van der Waals surface area (Å²) < 4.78 is 0. The Bertz CT molecular complexity index is 402. The van der Waals surface area contributed by atoms with Gasteiger partial charge in [0, 0.05) is 32.2 Å². The number of rotatable bonds is 8. The van der Waals surface area contributed by atoms with E-state index >= 15 is 0 Å². The molecule has 0 spiro atoms. The van der Waals surface area contributed by atoms with Crippen molar-refractivity contribution < 1.29 is 20.1 Å². The van der Waals surface area contributed by atoms with Crippen LogP contribution in [-0.4, -0.2) is 59.0 Å². The number of carbonyl (C=O) groups is 1. The van der Waals surface area contributed by atoms with Gasteiger partial charge in [0.15, 0.2) is 0 Å². The van der Waals surface area contributed by atoms with Crippen LogP contribution < -0.4 is 5.32 Å². The molecule has 0 saturated carbocycles. The second-order valence-corrected chi connectivity index (χ2v) is 4.57. The largest absolute Gasteiger partial charge is 0.395 e. The molecule has 0 aliphatic carbocycles. The maximum atomic E-state index is 10.9. The van der Waals surface area contributed by atoms with Crippen LogP contribution in [-0.2, 0) is 4.79 Å². The molecule has 1 atom stereocenters. The van der Waals surface area contributed by atoms with Gasteiger partial charge in [0.25, 0.3) is 0 Å². The second-order valence-electron chi connectivity index (χ2n) is 4.57. The number of nitrogens with zero attached hydrogens (tertiary/aromatic N) is 1. The minimum atomic E-state index is -0.709. The van der Waals surface area contributed by atoms with E-state index in [2.05, 4.69) is 5.32 Å². The monoisotopic (exact) mass is 282 g/mol. The molecule has 0 aliphatic rings. The van der Waals surface area contributed by atoms with Crippen LogP contribution in [0, 0.1) is 0 Å². The van der Waals surface area contributed by atoms with Crippen molar-refractivity contribution in [3.8, 4) is 0 Å². The third-order valence-corrected chi connectivity index (χ3v) is 2.88. The van der Waals surface area contributed by atoms with Crippen molar-refractivity contribution in [2.24, 2.45) is 0 Å². The Morgan fingerprint density at radius 1 is 1.20 bits per heavy atom. The summed E-state index contributed by atoms with van der Waals surface area (Å²) in [7, 11) is 0. The Morgan fingerprint density at radius 2 is 1.75 bits per heavy atom. The van der Waals surface area contributed by atoms with Gasteiger partial charge in [0.2, 0.25) is 5.91 Å². The SMILES string of the molecule is CC(=O)Nc1ccc(C(O)CN(CCO)CCO)cc1. The fraction of sp³-hybridized carbons (Fsp3) is 0.500. The lowest BCUT2D eigenvalue weighted by Crippen LogP contribution is -2.33. The van der Waals surface area contributed by atoms with Crippen molar-refractivity contribution in [1.29, 1.82) is 0 Å². The van der Waals surface area contributed by atoms with Crippen molar-refractivity contribution in [2.45, 2.75) is 13.0 Å². The number of aliphatic hydroxyl groups is 3. The average Bonchev–Trinajstić information content (AvgIpc) is 2.39. The van der Waals surface area contributed by atoms with Crippen molar-refractivity contribution >= 4 is 11.6 Å². The van der Waals surface area contributed by atoms with Crippen LogP contribution in [0.25, 0.3) is 0 Å². The maximum Gasteiger partial charge on any atom is 0.221 e. The normalized spacial score (nSPS) is 12.4. The number of carbonyl (C=O) groups excluding carboxylic acids is 1. The molecule has 1 unspecified atom stereocenters. The fourth-order valence-electron chi connectivity index (χ4n) is 1.92. The zero-order valence-electron chi connectivity index (χ0n) is 11.6.